The smallest absolute Gasteiger partial charge is 0.330 e. The van der Waals surface area contributed by atoms with Crippen molar-refractivity contribution in [2.24, 2.45) is 10.5 Å². The molecule has 0 unspecified atom stereocenters. The first kappa shape index (κ1) is 27.3. The fourth-order valence-corrected chi connectivity index (χ4v) is 6.36. The van der Waals surface area contributed by atoms with Crippen molar-refractivity contribution in [3.63, 3.8) is 0 Å². The second-order valence-electron chi connectivity index (χ2n) is 10.8. The topological polar surface area (TPSA) is 113 Å². The first-order valence-electron chi connectivity index (χ1n) is 13.4. The molecule has 3 aliphatic heterocycles. The predicted molar refractivity (Wildman–Crippen MR) is 151 cm³/mol. The van der Waals surface area contributed by atoms with Crippen LogP contribution in [0.15, 0.2) is 71.8 Å². The molecule has 0 aromatic heterocycles. The van der Waals surface area contributed by atoms with Crippen molar-refractivity contribution >= 4 is 23.9 Å². The number of carbonyl (C=O) groups is 3. The highest BCUT2D eigenvalue weighted by atomic mass is 16.7. The van der Waals surface area contributed by atoms with Crippen LogP contribution in [-0.2, 0) is 19.1 Å². The lowest BCUT2D eigenvalue weighted by Crippen LogP contribution is -2.58. The van der Waals surface area contributed by atoms with E-state index in [1.165, 1.54) is 35.2 Å². The number of methoxy groups -OCH3 is 3. The van der Waals surface area contributed by atoms with Crippen molar-refractivity contribution in [2.75, 3.05) is 21.3 Å². The maximum atomic E-state index is 14.5. The van der Waals surface area contributed by atoms with Gasteiger partial charge in [-0.05, 0) is 53.1 Å². The number of rotatable bonds is 6. The zero-order valence-corrected chi connectivity index (χ0v) is 23.8. The normalized spacial score (nSPS) is 23.0. The summed E-state index contributed by atoms with van der Waals surface area (Å²) >= 11 is 0. The zero-order valence-electron chi connectivity index (χ0n) is 23.8. The number of fused-ring (bicyclic) bond motifs is 4. The number of hydrogen-bond donors (Lipinski definition) is 0. The molecule has 2 fully saturated rings. The monoisotopic (exact) mass is 570 g/mol. The number of carbonyl (C=O) groups excluding carboxylic acids is 3. The Morgan fingerprint density at radius 2 is 1.52 bits per heavy atom. The fraction of sp³-hybridized carbons (Fsp3) is 0.312. The van der Waals surface area contributed by atoms with Gasteiger partial charge in [0.2, 0.25) is 5.41 Å². The van der Waals surface area contributed by atoms with E-state index in [1.807, 2.05) is 24.3 Å². The van der Waals surface area contributed by atoms with Gasteiger partial charge in [-0.25, -0.2) is 0 Å². The van der Waals surface area contributed by atoms with Crippen LogP contribution in [0.3, 0.4) is 0 Å². The molecular formula is C32H30N2O8. The molecule has 1 spiro atoms. The van der Waals surface area contributed by atoms with Crippen LogP contribution in [0.5, 0.6) is 17.2 Å². The van der Waals surface area contributed by atoms with Crippen molar-refractivity contribution in [1.82, 2.24) is 5.01 Å². The van der Waals surface area contributed by atoms with Crippen LogP contribution in [0.1, 0.15) is 52.9 Å². The van der Waals surface area contributed by atoms with Crippen LogP contribution in [0.25, 0.3) is 0 Å². The molecular weight excluding hydrogens is 540 g/mol. The van der Waals surface area contributed by atoms with E-state index in [0.29, 0.717) is 39.5 Å². The van der Waals surface area contributed by atoms with Crippen molar-refractivity contribution in [1.29, 1.82) is 0 Å². The van der Waals surface area contributed by atoms with Gasteiger partial charge < -0.3 is 23.7 Å². The summed E-state index contributed by atoms with van der Waals surface area (Å²) in [6, 6.07) is 17.0. The minimum Gasteiger partial charge on any atom is -0.497 e. The highest BCUT2D eigenvalue weighted by Gasteiger charge is 2.75. The minimum atomic E-state index is -1.99. The maximum absolute atomic E-state index is 14.5. The number of hydrogen-bond acceptors (Lipinski definition) is 10. The van der Waals surface area contributed by atoms with Crippen LogP contribution in [-0.4, -0.2) is 62.1 Å². The SMILES string of the molecule is COc1ccc(C(=O)[C@H]2[C@@H](c3ccc(OC)c(OC)c3)C3(C(=O)OC(C)(C)OC3=O)[C@H]3c4ccccc4C=NN23)cc1. The van der Waals surface area contributed by atoms with Gasteiger partial charge in [0.1, 0.15) is 17.8 Å². The number of nitrogens with zero attached hydrogens (tertiary/aromatic N) is 2. The third-order valence-electron chi connectivity index (χ3n) is 8.17. The molecule has 2 saturated heterocycles. The molecule has 0 radical (unpaired) electrons. The van der Waals surface area contributed by atoms with E-state index in [0.717, 1.165) is 0 Å². The highest BCUT2D eigenvalue weighted by molar-refractivity contribution is 6.09. The Morgan fingerprint density at radius 3 is 2.17 bits per heavy atom. The van der Waals surface area contributed by atoms with E-state index in [2.05, 4.69) is 0 Å². The number of hydrazone groups is 1. The van der Waals surface area contributed by atoms with Gasteiger partial charge in [-0.15, -0.1) is 0 Å². The average Bonchev–Trinajstić information content (AvgIpc) is 3.31. The van der Waals surface area contributed by atoms with Gasteiger partial charge >= 0.3 is 11.9 Å². The average molecular weight is 571 g/mol. The molecule has 216 valence electrons. The summed E-state index contributed by atoms with van der Waals surface area (Å²) in [5.41, 5.74) is 0.212. The van der Waals surface area contributed by atoms with Gasteiger partial charge in [-0.1, -0.05) is 30.3 Å². The van der Waals surface area contributed by atoms with Gasteiger partial charge in [0.25, 0.3) is 5.79 Å². The van der Waals surface area contributed by atoms with Crippen LogP contribution < -0.4 is 14.2 Å². The molecule has 0 N–H and O–H groups in total. The van der Waals surface area contributed by atoms with E-state index >= 15 is 0 Å². The Kier molecular flexibility index (Phi) is 6.44. The molecule has 3 aromatic carbocycles. The molecule has 0 amide bonds. The van der Waals surface area contributed by atoms with Gasteiger partial charge in [0.05, 0.1) is 27.5 Å². The van der Waals surface area contributed by atoms with Crippen LogP contribution in [0.4, 0.5) is 0 Å². The number of benzene rings is 3. The molecule has 3 heterocycles. The molecule has 6 rings (SSSR count). The van der Waals surface area contributed by atoms with Crippen molar-refractivity contribution in [3.05, 3.63) is 89.0 Å². The molecule has 42 heavy (non-hydrogen) atoms. The molecule has 3 atom stereocenters. The Labute approximate surface area is 242 Å². The fourth-order valence-electron chi connectivity index (χ4n) is 6.36. The summed E-state index contributed by atoms with van der Waals surface area (Å²) in [5, 5.41) is 6.25. The van der Waals surface area contributed by atoms with E-state index in [4.69, 9.17) is 28.8 Å². The van der Waals surface area contributed by atoms with E-state index in [-0.39, 0.29) is 5.78 Å². The molecule has 0 saturated carbocycles. The summed E-state index contributed by atoms with van der Waals surface area (Å²) in [6.45, 7) is 3.00. The Hall–Kier alpha value is -4.86. The predicted octanol–water partition coefficient (Wildman–Crippen LogP) is 4.27. The van der Waals surface area contributed by atoms with E-state index in [1.54, 1.807) is 53.7 Å². The number of cyclic esters (lactones) is 2. The molecule has 0 aliphatic carbocycles. The summed E-state index contributed by atoms with van der Waals surface area (Å²) in [7, 11) is 4.53. The lowest BCUT2D eigenvalue weighted by molar-refractivity contribution is -0.254. The second kappa shape index (κ2) is 9.90. The van der Waals surface area contributed by atoms with Gasteiger partial charge in [0.15, 0.2) is 17.3 Å². The Bertz CT molecular complexity index is 1590. The zero-order chi connectivity index (χ0) is 29.8. The molecule has 10 nitrogen and oxygen atoms in total. The first-order chi connectivity index (χ1) is 20.2. The first-order valence-corrected chi connectivity index (χ1v) is 13.4. The second-order valence-corrected chi connectivity index (χ2v) is 10.8. The van der Waals surface area contributed by atoms with Crippen LogP contribution in [0, 0.1) is 5.41 Å². The van der Waals surface area contributed by atoms with Gasteiger partial charge in [-0.3, -0.25) is 19.4 Å². The molecule has 3 aliphatic rings. The molecule has 3 aromatic rings. The van der Waals surface area contributed by atoms with Crippen molar-refractivity contribution in [3.8, 4) is 17.2 Å². The standard InChI is InChI=1S/C32H30N2O8/c1-31(2)41-29(36)32(30(37)42-31)25(19-12-15-23(39-4)24(16-19)40-5)26(27(35)18-10-13-21(38-3)14-11-18)34-28(32)22-9-7-6-8-20(22)17-33-34/h6-17,25-26,28H,1-5H3/t25-,26-,28-/m1/s1. The summed E-state index contributed by atoms with van der Waals surface area (Å²) < 4.78 is 27.9. The number of Topliss-reactive ketones (excluding diaryl/α,β-unsaturated/α-hetero) is 1. The summed E-state index contributed by atoms with van der Waals surface area (Å²) in [5.74, 6) is -3.13. The van der Waals surface area contributed by atoms with E-state index < -0.39 is 41.1 Å². The number of ether oxygens (including phenoxy) is 5. The maximum Gasteiger partial charge on any atom is 0.330 e. The van der Waals surface area contributed by atoms with Crippen molar-refractivity contribution < 1.29 is 38.1 Å². The molecule has 10 heteroatoms. The lowest BCUT2D eigenvalue weighted by Gasteiger charge is -2.44. The quantitative estimate of drug-likeness (QED) is 0.244. The van der Waals surface area contributed by atoms with Crippen molar-refractivity contribution in [2.45, 2.75) is 37.6 Å². The number of ketones is 1. The molecule has 0 bridgehead atoms. The summed E-state index contributed by atoms with van der Waals surface area (Å²) in [4.78, 5) is 43.3. The largest absolute Gasteiger partial charge is 0.497 e. The van der Waals surface area contributed by atoms with Gasteiger partial charge in [0, 0.05) is 25.3 Å². The van der Waals surface area contributed by atoms with Crippen LogP contribution in [0.2, 0.25) is 0 Å². The Morgan fingerprint density at radius 1 is 0.857 bits per heavy atom. The Balaban J connectivity index is 1.65. The third kappa shape index (κ3) is 3.93. The van der Waals surface area contributed by atoms with Gasteiger partial charge in [-0.2, -0.15) is 5.10 Å². The highest BCUT2D eigenvalue weighted by Crippen LogP contribution is 2.63. The minimum absolute atomic E-state index is 0.346. The number of esters is 2. The third-order valence-corrected chi connectivity index (χ3v) is 8.17. The summed E-state index contributed by atoms with van der Waals surface area (Å²) in [6.07, 6.45) is 1.63. The van der Waals surface area contributed by atoms with Crippen LogP contribution >= 0.6 is 0 Å². The lowest BCUT2D eigenvalue weighted by atomic mass is 9.65. The van der Waals surface area contributed by atoms with E-state index in [9.17, 15) is 14.4 Å².